The van der Waals surface area contributed by atoms with Crippen molar-refractivity contribution < 1.29 is 27.5 Å². The Morgan fingerprint density at radius 3 is 2.51 bits per heavy atom. The highest BCUT2D eigenvalue weighted by Gasteiger charge is 2.28. The number of para-hydroxylation sites is 1. The first kappa shape index (κ1) is 28.6. The molecule has 1 atom stereocenters. The Hall–Kier alpha value is -3.41. The summed E-state index contributed by atoms with van der Waals surface area (Å²) >= 11 is 3.33. The molecule has 1 fully saturated rings. The highest BCUT2D eigenvalue weighted by molar-refractivity contribution is 9.10. The van der Waals surface area contributed by atoms with Gasteiger partial charge >= 0.3 is 0 Å². The molecule has 1 aliphatic rings. The first-order chi connectivity index (χ1) is 18.7. The number of ether oxygens (including phenoxy) is 2. The van der Waals surface area contributed by atoms with Gasteiger partial charge < -0.3 is 20.1 Å². The number of anilines is 2. The fourth-order valence-corrected chi connectivity index (χ4v) is 6.32. The summed E-state index contributed by atoms with van der Waals surface area (Å²) < 4.78 is 39.8. The van der Waals surface area contributed by atoms with Gasteiger partial charge in [-0.3, -0.25) is 13.9 Å². The van der Waals surface area contributed by atoms with E-state index in [2.05, 4.69) is 26.6 Å². The third-order valence-electron chi connectivity index (χ3n) is 6.28. The van der Waals surface area contributed by atoms with Gasteiger partial charge in [-0.05, 0) is 78.2 Å². The van der Waals surface area contributed by atoms with Gasteiger partial charge in [0, 0.05) is 13.2 Å². The molecule has 1 heterocycles. The molecule has 3 aromatic rings. The Morgan fingerprint density at radius 1 is 1.10 bits per heavy atom. The lowest BCUT2D eigenvalue weighted by atomic mass is 10.1. The van der Waals surface area contributed by atoms with E-state index in [4.69, 9.17) is 9.47 Å². The Kier molecular flexibility index (Phi) is 9.26. The number of rotatable bonds is 10. The molecule has 9 nitrogen and oxygen atoms in total. The minimum Gasteiger partial charge on any atom is -0.496 e. The van der Waals surface area contributed by atoms with Crippen LogP contribution in [0.5, 0.6) is 5.75 Å². The van der Waals surface area contributed by atoms with Gasteiger partial charge in [0.15, 0.2) is 0 Å². The van der Waals surface area contributed by atoms with Gasteiger partial charge in [0.2, 0.25) is 5.91 Å². The predicted octanol–water partition coefficient (Wildman–Crippen LogP) is 4.51. The number of nitrogens with zero attached hydrogens (tertiary/aromatic N) is 1. The zero-order chi connectivity index (χ0) is 28.0. The molecule has 0 aromatic heterocycles. The quantitative estimate of drug-likeness (QED) is 0.347. The van der Waals surface area contributed by atoms with Crippen molar-refractivity contribution >= 4 is 49.1 Å². The molecule has 0 aliphatic carbocycles. The number of halogens is 1. The van der Waals surface area contributed by atoms with Gasteiger partial charge in [-0.15, -0.1) is 0 Å². The van der Waals surface area contributed by atoms with E-state index in [-0.39, 0.29) is 28.2 Å². The summed E-state index contributed by atoms with van der Waals surface area (Å²) in [6.45, 7) is 2.43. The third-order valence-corrected chi connectivity index (χ3v) is 8.67. The van der Waals surface area contributed by atoms with Crippen molar-refractivity contribution in [3.05, 3.63) is 82.3 Å². The summed E-state index contributed by atoms with van der Waals surface area (Å²) in [6.07, 6.45) is 1.82. The lowest BCUT2D eigenvalue weighted by molar-refractivity contribution is -0.114. The molecule has 0 saturated carbocycles. The summed E-state index contributed by atoms with van der Waals surface area (Å²) in [5, 5.41) is 5.57. The molecule has 1 aliphatic heterocycles. The van der Waals surface area contributed by atoms with Gasteiger partial charge in [-0.25, -0.2) is 8.42 Å². The monoisotopic (exact) mass is 615 g/mol. The Morgan fingerprint density at radius 2 is 1.85 bits per heavy atom. The minimum atomic E-state index is -4.15. The maximum atomic E-state index is 13.8. The van der Waals surface area contributed by atoms with Crippen LogP contribution in [0.1, 0.15) is 28.8 Å². The van der Waals surface area contributed by atoms with Crippen molar-refractivity contribution in [2.45, 2.75) is 30.8 Å². The Balaban J connectivity index is 1.57. The second kappa shape index (κ2) is 12.6. The molecule has 0 unspecified atom stereocenters. The Bertz CT molecular complexity index is 1440. The van der Waals surface area contributed by atoms with E-state index in [9.17, 15) is 18.0 Å². The van der Waals surface area contributed by atoms with Crippen molar-refractivity contribution in [1.82, 2.24) is 5.32 Å². The summed E-state index contributed by atoms with van der Waals surface area (Å²) in [7, 11) is -2.67. The number of carbonyl (C=O) groups excluding carboxylic acids is 2. The number of benzene rings is 3. The van der Waals surface area contributed by atoms with Crippen molar-refractivity contribution in [3.8, 4) is 5.75 Å². The molecule has 2 N–H and O–H groups in total. The lowest BCUT2D eigenvalue weighted by Crippen LogP contribution is -2.38. The largest absolute Gasteiger partial charge is 0.496 e. The number of carbonyl (C=O) groups is 2. The molecule has 11 heteroatoms. The van der Waals surface area contributed by atoms with Gasteiger partial charge in [0.25, 0.3) is 15.9 Å². The second-order valence-electron chi connectivity index (χ2n) is 9.08. The summed E-state index contributed by atoms with van der Waals surface area (Å²) in [6, 6.07) is 17.8. The molecule has 3 aromatic carbocycles. The lowest BCUT2D eigenvalue weighted by Gasteiger charge is -2.25. The average Bonchev–Trinajstić information content (AvgIpc) is 3.45. The summed E-state index contributed by atoms with van der Waals surface area (Å²) in [4.78, 5) is 26.1. The van der Waals surface area contributed by atoms with Gasteiger partial charge in [0.05, 0.1) is 39.5 Å². The molecule has 206 valence electrons. The SMILES string of the molecule is COc1ccc(S(=O)(=O)N(CC(=O)Nc2ccccc2C(=O)NC[C@@H]2CCCO2)c2ccc(C)cc2)cc1Br. The van der Waals surface area contributed by atoms with E-state index in [0.29, 0.717) is 29.1 Å². The van der Waals surface area contributed by atoms with E-state index in [1.807, 2.05) is 6.92 Å². The fourth-order valence-electron chi connectivity index (χ4n) is 4.18. The van der Waals surface area contributed by atoms with Crippen LogP contribution >= 0.6 is 15.9 Å². The first-order valence-corrected chi connectivity index (χ1v) is 14.6. The van der Waals surface area contributed by atoms with Crippen molar-refractivity contribution in [2.75, 3.05) is 36.4 Å². The number of methoxy groups -OCH3 is 1. The van der Waals surface area contributed by atoms with E-state index in [0.717, 1.165) is 22.7 Å². The molecule has 4 rings (SSSR count). The fraction of sp³-hybridized carbons (Fsp3) is 0.286. The number of aryl methyl sites for hydroxylation is 1. The maximum absolute atomic E-state index is 13.8. The molecule has 0 spiro atoms. The second-order valence-corrected chi connectivity index (χ2v) is 11.8. The highest BCUT2D eigenvalue weighted by Crippen LogP contribution is 2.31. The smallest absolute Gasteiger partial charge is 0.264 e. The van der Waals surface area contributed by atoms with E-state index < -0.39 is 22.5 Å². The first-order valence-electron chi connectivity index (χ1n) is 12.4. The van der Waals surface area contributed by atoms with E-state index >= 15 is 0 Å². The number of amides is 2. The summed E-state index contributed by atoms with van der Waals surface area (Å²) in [5.41, 5.74) is 1.81. The zero-order valence-corrected chi connectivity index (χ0v) is 24.0. The van der Waals surface area contributed by atoms with Crippen molar-refractivity contribution in [3.63, 3.8) is 0 Å². The Labute approximate surface area is 236 Å². The number of hydrogen-bond acceptors (Lipinski definition) is 6. The normalized spacial score (nSPS) is 15.0. The topological polar surface area (TPSA) is 114 Å². The molecule has 1 saturated heterocycles. The van der Waals surface area contributed by atoms with Gasteiger partial charge in [0.1, 0.15) is 12.3 Å². The molecule has 2 amide bonds. The third kappa shape index (κ3) is 6.97. The maximum Gasteiger partial charge on any atom is 0.264 e. The standard InChI is InChI=1S/C28H30BrN3O6S/c1-19-9-11-20(12-10-19)32(39(35,36)22-13-14-26(37-2)24(29)16-22)18-27(33)31-25-8-4-3-7-23(25)28(34)30-17-21-6-5-15-38-21/h3-4,7-14,16,21H,5-6,15,17-18H2,1-2H3,(H,30,34)(H,31,33)/t21-/m0/s1. The summed E-state index contributed by atoms with van der Waals surface area (Å²) in [5.74, 6) is -0.485. The molecule has 0 bridgehead atoms. The minimum absolute atomic E-state index is 0.0162. The molecule has 39 heavy (non-hydrogen) atoms. The van der Waals surface area contributed by atoms with Crippen LogP contribution in [-0.4, -0.2) is 53.1 Å². The number of sulfonamides is 1. The molecule has 0 radical (unpaired) electrons. The van der Waals surface area contributed by atoms with Crippen molar-refractivity contribution in [2.24, 2.45) is 0 Å². The van der Waals surface area contributed by atoms with Crippen LogP contribution < -0.4 is 19.7 Å². The zero-order valence-electron chi connectivity index (χ0n) is 21.6. The van der Waals surface area contributed by atoms with Crippen LogP contribution in [0.4, 0.5) is 11.4 Å². The van der Waals surface area contributed by atoms with Crippen LogP contribution in [0.15, 0.2) is 76.1 Å². The van der Waals surface area contributed by atoms with E-state index in [1.54, 1.807) is 48.5 Å². The van der Waals surface area contributed by atoms with Crippen LogP contribution in [0, 0.1) is 6.92 Å². The molecular formula is C28H30BrN3O6S. The van der Waals surface area contributed by atoms with Crippen LogP contribution in [0.3, 0.4) is 0 Å². The predicted molar refractivity (Wildman–Crippen MR) is 153 cm³/mol. The molecular weight excluding hydrogens is 586 g/mol. The van der Waals surface area contributed by atoms with Crippen LogP contribution in [-0.2, 0) is 19.6 Å². The van der Waals surface area contributed by atoms with Crippen molar-refractivity contribution in [1.29, 1.82) is 0 Å². The van der Waals surface area contributed by atoms with Gasteiger partial charge in [-0.1, -0.05) is 29.8 Å². The number of nitrogens with one attached hydrogen (secondary N) is 2. The number of hydrogen-bond donors (Lipinski definition) is 2. The average molecular weight is 617 g/mol. The highest BCUT2D eigenvalue weighted by atomic mass is 79.9. The van der Waals surface area contributed by atoms with Gasteiger partial charge in [-0.2, -0.15) is 0 Å². The van der Waals surface area contributed by atoms with Crippen LogP contribution in [0.25, 0.3) is 0 Å². The van der Waals surface area contributed by atoms with Crippen LogP contribution in [0.2, 0.25) is 0 Å². The van der Waals surface area contributed by atoms with E-state index in [1.165, 1.54) is 25.3 Å².